The minimum Gasteiger partial charge on any atom is -0.327 e. The van der Waals surface area contributed by atoms with Crippen molar-refractivity contribution in [3.63, 3.8) is 0 Å². The van der Waals surface area contributed by atoms with E-state index in [-0.39, 0.29) is 6.04 Å². The maximum absolute atomic E-state index is 11.3. The number of nitrogens with two attached hydrogens (primary N) is 1. The van der Waals surface area contributed by atoms with Crippen LogP contribution < -0.4 is 5.73 Å². The normalized spacial score (nSPS) is 13.4. The molecule has 0 saturated carbocycles. The zero-order valence-electron chi connectivity index (χ0n) is 8.47. The number of ketones is 1. The average molecular weight is 171 g/mol. The van der Waals surface area contributed by atoms with Crippen molar-refractivity contribution in [2.45, 2.75) is 52.5 Å². The maximum Gasteiger partial charge on any atom is 0.134 e. The number of carbonyl (C=O) groups excluding carboxylic acids is 1. The molecule has 0 rings (SSSR count). The summed E-state index contributed by atoms with van der Waals surface area (Å²) in [6.07, 6.45) is 3.27. The molecule has 0 spiro atoms. The van der Waals surface area contributed by atoms with E-state index >= 15 is 0 Å². The van der Waals surface area contributed by atoms with E-state index in [1.54, 1.807) is 0 Å². The predicted octanol–water partition coefficient (Wildman–Crippen LogP) is 2.12. The Labute approximate surface area is 75.5 Å². The van der Waals surface area contributed by atoms with E-state index in [1.165, 1.54) is 0 Å². The van der Waals surface area contributed by atoms with E-state index < -0.39 is 0 Å². The zero-order chi connectivity index (χ0) is 9.56. The van der Waals surface area contributed by atoms with E-state index in [2.05, 4.69) is 20.8 Å². The molecule has 2 nitrogen and oxygen atoms in total. The second-order valence-corrected chi connectivity index (χ2v) is 3.89. The van der Waals surface area contributed by atoms with Crippen molar-refractivity contribution < 1.29 is 4.79 Å². The van der Waals surface area contributed by atoms with Crippen LogP contribution in [0.3, 0.4) is 0 Å². The SMILES string of the molecule is CCCC(N)CC(=O)CC(C)C. The van der Waals surface area contributed by atoms with Gasteiger partial charge >= 0.3 is 0 Å². The fourth-order valence-corrected chi connectivity index (χ4v) is 1.30. The Kier molecular flexibility index (Phi) is 5.99. The molecule has 0 aromatic heterocycles. The predicted molar refractivity (Wildman–Crippen MR) is 52.0 cm³/mol. The van der Waals surface area contributed by atoms with Crippen LogP contribution in [-0.2, 0) is 4.79 Å². The van der Waals surface area contributed by atoms with Crippen molar-refractivity contribution in [2.24, 2.45) is 11.7 Å². The lowest BCUT2D eigenvalue weighted by Crippen LogP contribution is -2.23. The summed E-state index contributed by atoms with van der Waals surface area (Å²) in [5.74, 6) is 0.775. The van der Waals surface area contributed by atoms with Crippen molar-refractivity contribution in [1.29, 1.82) is 0 Å². The summed E-state index contributed by atoms with van der Waals surface area (Å²) in [6.45, 7) is 6.21. The van der Waals surface area contributed by atoms with Crippen LogP contribution in [0.2, 0.25) is 0 Å². The molecule has 0 saturated heterocycles. The molecule has 2 N–H and O–H groups in total. The van der Waals surface area contributed by atoms with E-state index in [9.17, 15) is 4.79 Å². The summed E-state index contributed by atoms with van der Waals surface area (Å²) in [5.41, 5.74) is 5.74. The van der Waals surface area contributed by atoms with Gasteiger partial charge < -0.3 is 5.73 Å². The number of hydrogen-bond acceptors (Lipinski definition) is 2. The zero-order valence-corrected chi connectivity index (χ0v) is 8.47. The molecule has 0 aliphatic carbocycles. The van der Waals surface area contributed by atoms with Crippen LogP contribution in [0.25, 0.3) is 0 Å². The van der Waals surface area contributed by atoms with E-state index in [1.807, 2.05) is 0 Å². The van der Waals surface area contributed by atoms with Crippen molar-refractivity contribution in [2.75, 3.05) is 0 Å². The highest BCUT2D eigenvalue weighted by Crippen LogP contribution is 2.06. The monoisotopic (exact) mass is 171 g/mol. The van der Waals surface area contributed by atoms with Crippen molar-refractivity contribution in [3.8, 4) is 0 Å². The minimum absolute atomic E-state index is 0.0845. The Bertz CT molecular complexity index is 132. The summed E-state index contributed by atoms with van der Waals surface area (Å²) >= 11 is 0. The lowest BCUT2D eigenvalue weighted by molar-refractivity contribution is -0.120. The molecule has 1 unspecified atom stereocenters. The number of rotatable bonds is 6. The van der Waals surface area contributed by atoms with Crippen LogP contribution in [0.5, 0.6) is 0 Å². The second-order valence-electron chi connectivity index (χ2n) is 3.89. The molecule has 0 heterocycles. The molecule has 0 amide bonds. The molecule has 0 aromatic rings. The van der Waals surface area contributed by atoms with Gasteiger partial charge in [-0.25, -0.2) is 0 Å². The van der Waals surface area contributed by atoms with Crippen LogP contribution in [0.15, 0.2) is 0 Å². The molecule has 2 heteroatoms. The fourth-order valence-electron chi connectivity index (χ4n) is 1.30. The largest absolute Gasteiger partial charge is 0.327 e. The minimum atomic E-state index is 0.0845. The molecule has 0 aromatic carbocycles. The van der Waals surface area contributed by atoms with Gasteiger partial charge in [-0.1, -0.05) is 27.2 Å². The first-order chi connectivity index (χ1) is 5.56. The van der Waals surface area contributed by atoms with Gasteiger partial charge in [-0.3, -0.25) is 4.79 Å². The van der Waals surface area contributed by atoms with E-state index in [0.29, 0.717) is 24.5 Å². The molecular weight excluding hydrogens is 150 g/mol. The maximum atomic E-state index is 11.3. The summed E-state index contributed by atoms with van der Waals surface area (Å²) < 4.78 is 0. The Hall–Kier alpha value is -0.370. The molecule has 0 fully saturated rings. The quantitative estimate of drug-likeness (QED) is 0.665. The first kappa shape index (κ1) is 11.6. The van der Waals surface area contributed by atoms with Crippen LogP contribution in [0, 0.1) is 5.92 Å². The number of carbonyl (C=O) groups is 1. The first-order valence-electron chi connectivity index (χ1n) is 4.83. The first-order valence-corrected chi connectivity index (χ1v) is 4.83. The fraction of sp³-hybridized carbons (Fsp3) is 0.900. The molecule has 1 atom stereocenters. The van der Waals surface area contributed by atoms with E-state index in [4.69, 9.17) is 5.73 Å². The average Bonchev–Trinajstić information content (AvgIpc) is 1.84. The van der Waals surface area contributed by atoms with E-state index in [0.717, 1.165) is 12.8 Å². The van der Waals surface area contributed by atoms with Gasteiger partial charge in [-0.15, -0.1) is 0 Å². The molecule has 12 heavy (non-hydrogen) atoms. The lowest BCUT2D eigenvalue weighted by atomic mass is 10.00. The Balaban J connectivity index is 3.54. The molecule has 0 aliphatic rings. The van der Waals surface area contributed by atoms with Gasteiger partial charge in [0.1, 0.15) is 5.78 Å². The summed E-state index contributed by atoms with van der Waals surface area (Å²) in [7, 11) is 0. The van der Waals surface area contributed by atoms with Crippen LogP contribution in [-0.4, -0.2) is 11.8 Å². The third-order valence-electron chi connectivity index (χ3n) is 1.79. The number of hydrogen-bond donors (Lipinski definition) is 1. The molecule has 72 valence electrons. The van der Waals surface area contributed by atoms with Gasteiger partial charge in [0.15, 0.2) is 0 Å². The molecule has 0 radical (unpaired) electrons. The highest BCUT2D eigenvalue weighted by atomic mass is 16.1. The summed E-state index contributed by atoms with van der Waals surface area (Å²) in [6, 6.07) is 0.0845. The van der Waals surface area contributed by atoms with Crippen LogP contribution in [0.4, 0.5) is 0 Å². The van der Waals surface area contributed by atoms with Gasteiger partial charge in [0.05, 0.1) is 0 Å². The Morgan fingerprint density at radius 2 is 1.92 bits per heavy atom. The van der Waals surface area contributed by atoms with Crippen LogP contribution >= 0.6 is 0 Å². The third-order valence-corrected chi connectivity index (χ3v) is 1.79. The molecular formula is C10H21NO. The van der Waals surface area contributed by atoms with Gasteiger partial charge in [0.25, 0.3) is 0 Å². The second kappa shape index (κ2) is 6.18. The highest BCUT2D eigenvalue weighted by Gasteiger charge is 2.09. The van der Waals surface area contributed by atoms with Gasteiger partial charge in [-0.05, 0) is 12.3 Å². The number of Topliss-reactive ketones (excluding diaryl/α,β-unsaturated/α-hetero) is 1. The standard InChI is InChI=1S/C10H21NO/c1-4-5-9(11)7-10(12)6-8(2)3/h8-9H,4-7,11H2,1-3H3. The summed E-state index contributed by atoms with van der Waals surface area (Å²) in [5, 5.41) is 0. The topological polar surface area (TPSA) is 43.1 Å². The third kappa shape index (κ3) is 6.35. The van der Waals surface area contributed by atoms with Crippen molar-refractivity contribution in [1.82, 2.24) is 0 Å². The summed E-state index contributed by atoms with van der Waals surface area (Å²) in [4.78, 5) is 11.3. The van der Waals surface area contributed by atoms with Gasteiger partial charge in [-0.2, -0.15) is 0 Å². The smallest absolute Gasteiger partial charge is 0.134 e. The lowest BCUT2D eigenvalue weighted by Gasteiger charge is -2.09. The van der Waals surface area contributed by atoms with Gasteiger partial charge in [0.2, 0.25) is 0 Å². The van der Waals surface area contributed by atoms with Crippen molar-refractivity contribution >= 4 is 5.78 Å². The molecule has 0 bridgehead atoms. The molecule has 0 aliphatic heterocycles. The highest BCUT2D eigenvalue weighted by molar-refractivity contribution is 5.79. The Morgan fingerprint density at radius 3 is 2.33 bits per heavy atom. The Morgan fingerprint density at radius 1 is 1.33 bits per heavy atom. The van der Waals surface area contributed by atoms with Crippen molar-refractivity contribution in [3.05, 3.63) is 0 Å². The van der Waals surface area contributed by atoms with Gasteiger partial charge in [0, 0.05) is 18.9 Å². The van der Waals surface area contributed by atoms with Crippen LogP contribution in [0.1, 0.15) is 46.5 Å².